The third-order valence-corrected chi connectivity index (χ3v) is 6.14. The quantitative estimate of drug-likeness (QED) is 0.685. The Morgan fingerprint density at radius 3 is 2.69 bits per heavy atom. The zero-order chi connectivity index (χ0) is 20.5. The third-order valence-electron chi connectivity index (χ3n) is 5.17. The topological polar surface area (TPSA) is 78.1 Å². The predicted octanol–water partition coefficient (Wildman–Crippen LogP) is 3.53. The molecule has 3 heterocycles. The molecule has 8 heteroatoms. The van der Waals surface area contributed by atoms with Crippen molar-refractivity contribution in [2.75, 3.05) is 18.0 Å². The second kappa shape index (κ2) is 7.94. The molecular formula is C21H23FN4O2S. The molecule has 0 spiro atoms. The number of nitrogens with zero attached hydrogens (tertiary/aromatic N) is 2. The number of nitrogens with one attached hydrogen (secondary N) is 2. The standard InChI is InChI=1S/C21H23FN4O2S/c1-12(2)23-19(27)13-7-9-26(10-8-13)21-24-17-15(11-29-18(17)20(28)25-21)14-5-3-4-6-16(14)22/h3-6,11-13H,7-10H2,1-2H3,(H,23,27)(H,24,25,28). The van der Waals surface area contributed by atoms with E-state index >= 15 is 0 Å². The number of hydrogen-bond acceptors (Lipinski definition) is 5. The van der Waals surface area contributed by atoms with Gasteiger partial charge in [0.15, 0.2) is 0 Å². The molecule has 0 saturated carbocycles. The first-order valence-electron chi connectivity index (χ1n) is 9.75. The summed E-state index contributed by atoms with van der Waals surface area (Å²) in [6.45, 7) is 5.16. The van der Waals surface area contributed by atoms with Gasteiger partial charge in [-0.05, 0) is 32.8 Å². The minimum atomic E-state index is -0.340. The minimum absolute atomic E-state index is 0.0285. The Bertz CT molecular complexity index is 1100. The third kappa shape index (κ3) is 3.89. The molecule has 29 heavy (non-hydrogen) atoms. The Balaban J connectivity index is 1.61. The van der Waals surface area contributed by atoms with Crippen LogP contribution in [0.4, 0.5) is 10.3 Å². The first kappa shape index (κ1) is 19.6. The number of H-pyrrole nitrogens is 1. The average molecular weight is 415 g/mol. The highest BCUT2D eigenvalue weighted by molar-refractivity contribution is 7.17. The van der Waals surface area contributed by atoms with Gasteiger partial charge < -0.3 is 10.2 Å². The predicted molar refractivity (Wildman–Crippen MR) is 114 cm³/mol. The largest absolute Gasteiger partial charge is 0.354 e. The second-order valence-electron chi connectivity index (χ2n) is 7.62. The molecule has 4 rings (SSSR count). The molecule has 0 unspecified atom stereocenters. The van der Waals surface area contributed by atoms with Crippen molar-refractivity contribution in [3.63, 3.8) is 0 Å². The van der Waals surface area contributed by atoms with Crippen molar-refractivity contribution in [2.45, 2.75) is 32.7 Å². The Labute approximate surface area is 171 Å². The van der Waals surface area contributed by atoms with E-state index in [4.69, 9.17) is 0 Å². The van der Waals surface area contributed by atoms with Gasteiger partial charge in [-0.1, -0.05) is 18.2 Å². The van der Waals surface area contributed by atoms with E-state index in [9.17, 15) is 14.0 Å². The van der Waals surface area contributed by atoms with Crippen LogP contribution in [0.3, 0.4) is 0 Å². The summed E-state index contributed by atoms with van der Waals surface area (Å²) in [6.07, 6.45) is 1.40. The summed E-state index contributed by atoms with van der Waals surface area (Å²) in [7, 11) is 0. The van der Waals surface area contributed by atoms with Gasteiger partial charge in [0, 0.05) is 41.6 Å². The number of piperidine rings is 1. The first-order valence-corrected chi connectivity index (χ1v) is 10.6. The van der Waals surface area contributed by atoms with Crippen molar-refractivity contribution in [1.29, 1.82) is 0 Å². The van der Waals surface area contributed by atoms with E-state index in [1.807, 2.05) is 18.7 Å². The van der Waals surface area contributed by atoms with Gasteiger partial charge in [0.05, 0.1) is 5.52 Å². The lowest BCUT2D eigenvalue weighted by Crippen LogP contribution is -2.43. The number of rotatable bonds is 4. The summed E-state index contributed by atoms with van der Waals surface area (Å²) in [5, 5.41) is 4.74. The van der Waals surface area contributed by atoms with Gasteiger partial charge in [-0.2, -0.15) is 0 Å². The van der Waals surface area contributed by atoms with Gasteiger partial charge in [0.25, 0.3) is 5.56 Å². The maximum atomic E-state index is 14.3. The summed E-state index contributed by atoms with van der Waals surface area (Å²) >= 11 is 1.27. The maximum absolute atomic E-state index is 14.3. The number of halogens is 1. The molecule has 1 amide bonds. The Morgan fingerprint density at radius 1 is 1.28 bits per heavy atom. The normalized spacial score (nSPS) is 15.2. The number of fused-ring (bicyclic) bond motifs is 1. The molecule has 0 atom stereocenters. The van der Waals surface area contributed by atoms with Crippen LogP contribution in [0.1, 0.15) is 26.7 Å². The molecule has 1 saturated heterocycles. The van der Waals surface area contributed by atoms with Gasteiger partial charge in [-0.25, -0.2) is 9.37 Å². The molecule has 2 aromatic heterocycles. The second-order valence-corrected chi connectivity index (χ2v) is 8.50. The van der Waals surface area contributed by atoms with Crippen LogP contribution < -0.4 is 15.8 Å². The average Bonchev–Trinajstić information content (AvgIpc) is 3.12. The molecule has 3 aromatic rings. The summed E-state index contributed by atoms with van der Waals surface area (Å²) in [5.41, 5.74) is 1.35. The van der Waals surface area contributed by atoms with E-state index in [1.165, 1.54) is 17.4 Å². The molecule has 1 aliphatic rings. The summed E-state index contributed by atoms with van der Waals surface area (Å²) in [6, 6.07) is 6.62. The number of hydrogen-bond donors (Lipinski definition) is 2. The van der Waals surface area contributed by atoms with Crippen molar-refractivity contribution in [2.24, 2.45) is 5.92 Å². The summed E-state index contributed by atoms with van der Waals surface area (Å²) < 4.78 is 14.8. The van der Waals surface area contributed by atoms with Crippen LogP contribution in [0, 0.1) is 11.7 Å². The van der Waals surface area contributed by atoms with E-state index in [1.54, 1.807) is 23.6 Å². The van der Waals surface area contributed by atoms with E-state index in [-0.39, 0.29) is 29.2 Å². The van der Waals surface area contributed by atoms with Crippen molar-refractivity contribution in [1.82, 2.24) is 15.3 Å². The first-order chi connectivity index (χ1) is 13.9. The van der Waals surface area contributed by atoms with E-state index in [0.29, 0.717) is 53.2 Å². The van der Waals surface area contributed by atoms with E-state index in [0.717, 1.165) is 0 Å². The fourth-order valence-corrected chi connectivity index (χ4v) is 4.59. The van der Waals surface area contributed by atoms with Crippen LogP contribution in [0.25, 0.3) is 21.3 Å². The van der Waals surface area contributed by atoms with Gasteiger partial charge in [-0.15, -0.1) is 11.3 Å². The lowest BCUT2D eigenvalue weighted by molar-refractivity contribution is -0.126. The van der Waals surface area contributed by atoms with Gasteiger partial charge in [0.1, 0.15) is 10.5 Å². The number of amides is 1. The molecule has 0 aliphatic carbocycles. The van der Waals surface area contributed by atoms with Crippen molar-refractivity contribution in [3.8, 4) is 11.1 Å². The van der Waals surface area contributed by atoms with Gasteiger partial charge in [0.2, 0.25) is 11.9 Å². The highest BCUT2D eigenvalue weighted by Crippen LogP contribution is 2.33. The smallest absolute Gasteiger partial charge is 0.270 e. The molecule has 1 aromatic carbocycles. The Morgan fingerprint density at radius 2 is 2.00 bits per heavy atom. The number of thiophene rings is 1. The molecule has 0 bridgehead atoms. The summed E-state index contributed by atoms with van der Waals surface area (Å²) in [5.74, 6) is 0.185. The molecule has 0 radical (unpaired) electrons. The zero-order valence-corrected chi connectivity index (χ0v) is 17.2. The van der Waals surface area contributed by atoms with Crippen LogP contribution in [-0.4, -0.2) is 35.0 Å². The minimum Gasteiger partial charge on any atom is -0.354 e. The lowest BCUT2D eigenvalue weighted by Gasteiger charge is -2.32. The molecule has 6 nitrogen and oxygen atoms in total. The van der Waals surface area contributed by atoms with Crippen LogP contribution in [-0.2, 0) is 4.79 Å². The van der Waals surface area contributed by atoms with Crippen LogP contribution in [0.2, 0.25) is 0 Å². The fraction of sp³-hybridized carbons (Fsp3) is 0.381. The van der Waals surface area contributed by atoms with Crippen LogP contribution in [0.15, 0.2) is 34.4 Å². The monoisotopic (exact) mass is 414 g/mol. The van der Waals surface area contributed by atoms with Gasteiger partial charge >= 0.3 is 0 Å². The van der Waals surface area contributed by atoms with E-state index in [2.05, 4.69) is 15.3 Å². The number of aromatic amines is 1. The van der Waals surface area contributed by atoms with Gasteiger partial charge in [-0.3, -0.25) is 14.6 Å². The number of carbonyl (C=O) groups is 1. The Kier molecular flexibility index (Phi) is 5.36. The SMILES string of the molecule is CC(C)NC(=O)C1CCN(c2nc3c(-c4ccccc4F)csc3c(=O)[nH]2)CC1. The molecule has 1 fully saturated rings. The van der Waals surface area contributed by atoms with Crippen LogP contribution in [0.5, 0.6) is 0 Å². The number of carbonyl (C=O) groups excluding carboxylic acids is 1. The number of anilines is 1. The maximum Gasteiger partial charge on any atom is 0.270 e. The van der Waals surface area contributed by atoms with E-state index < -0.39 is 0 Å². The number of aromatic nitrogens is 2. The molecule has 1 aliphatic heterocycles. The molecular weight excluding hydrogens is 391 g/mol. The van der Waals surface area contributed by atoms with Crippen molar-refractivity contribution < 1.29 is 9.18 Å². The highest BCUT2D eigenvalue weighted by Gasteiger charge is 2.27. The summed E-state index contributed by atoms with van der Waals surface area (Å²) in [4.78, 5) is 34.3. The molecule has 2 N–H and O–H groups in total. The molecule has 152 valence electrons. The van der Waals surface area contributed by atoms with Crippen LogP contribution >= 0.6 is 11.3 Å². The lowest BCUT2D eigenvalue weighted by atomic mass is 9.96. The highest BCUT2D eigenvalue weighted by atomic mass is 32.1. The van der Waals surface area contributed by atoms with Crippen molar-refractivity contribution in [3.05, 3.63) is 45.8 Å². The number of benzene rings is 1. The Hall–Kier alpha value is -2.74. The zero-order valence-electron chi connectivity index (χ0n) is 16.4. The van der Waals surface area contributed by atoms with Crippen molar-refractivity contribution >= 4 is 33.4 Å². The fourth-order valence-electron chi connectivity index (χ4n) is 3.69.